The summed E-state index contributed by atoms with van der Waals surface area (Å²) in [5.74, 6) is -0.662. The molecule has 0 saturated heterocycles. The van der Waals surface area contributed by atoms with Crippen LogP contribution in [0.2, 0.25) is 0 Å². The second-order valence-corrected chi connectivity index (χ2v) is 5.73. The molecule has 0 aliphatic carbocycles. The van der Waals surface area contributed by atoms with E-state index >= 15 is 0 Å². The van der Waals surface area contributed by atoms with Crippen LogP contribution in [-0.4, -0.2) is 11.1 Å². The minimum atomic E-state index is -0.662. The van der Waals surface area contributed by atoms with E-state index in [4.69, 9.17) is 5.11 Å². The molecular weight excluding hydrogens is 248 g/mol. The minimum absolute atomic E-state index is 0.334. The topological polar surface area (TPSA) is 37.3 Å². The van der Waals surface area contributed by atoms with E-state index in [9.17, 15) is 4.79 Å². The van der Waals surface area contributed by atoms with Crippen LogP contribution in [0.4, 0.5) is 0 Å². The third kappa shape index (κ3) is 17.2. The quantitative estimate of drug-likeness (QED) is 0.291. The van der Waals surface area contributed by atoms with Crippen LogP contribution in [-0.2, 0) is 4.79 Å². The van der Waals surface area contributed by atoms with Crippen LogP contribution in [0.3, 0.4) is 0 Å². The molecule has 0 unspecified atom stereocenters. The van der Waals surface area contributed by atoms with Crippen LogP contribution in [0.25, 0.3) is 0 Å². The van der Waals surface area contributed by atoms with Crippen molar-refractivity contribution in [3.8, 4) is 0 Å². The van der Waals surface area contributed by atoms with Crippen molar-refractivity contribution >= 4 is 5.97 Å². The molecule has 1 N–H and O–H groups in total. The van der Waals surface area contributed by atoms with Gasteiger partial charge in [-0.15, -0.1) is 0 Å². The van der Waals surface area contributed by atoms with Gasteiger partial charge in [0.25, 0.3) is 0 Å². The monoisotopic (exact) mass is 282 g/mol. The zero-order chi connectivity index (χ0) is 14.9. The van der Waals surface area contributed by atoms with Crippen molar-refractivity contribution in [1.29, 1.82) is 0 Å². The molecule has 0 saturated carbocycles. The van der Waals surface area contributed by atoms with Crippen LogP contribution >= 0.6 is 0 Å². The molecule has 0 aromatic heterocycles. The standard InChI is InChI=1S/C18H34O2/c1-2-3-4-5-6-7-8-9-10-11-12-13-14-15-16-17-18(19)20/h8-9H,2-7,10-17H2,1H3,(H,19,20)/b9-8-. The number of hydrogen-bond acceptors (Lipinski definition) is 1. The highest BCUT2D eigenvalue weighted by Crippen LogP contribution is 2.10. The van der Waals surface area contributed by atoms with Crippen LogP contribution in [0.15, 0.2) is 12.2 Å². The molecule has 2 heteroatoms. The maximum Gasteiger partial charge on any atom is 0.303 e. The molecule has 0 rings (SSSR count). The SMILES string of the molecule is CCCCCCC/C=C\CCCCCCCCC(=O)O. The summed E-state index contributed by atoms with van der Waals surface area (Å²) in [5, 5.41) is 8.51. The average molecular weight is 282 g/mol. The summed E-state index contributed by atoms with van der Waals surface area (Å²) in [6, 6.07) is 0. The van der Waals surface area contributed by atoms with Gasteiger partial charge in [0.15, 0.2) is 0 Å². The van der Waals surface area contributed by atoms with Gasteiger partial charge < -0.3 is 5.11 Å². The van der Waals surface area contributed by atoms with Crippen molar-refractivity contribution in [1.82, 2.24) is 0 Å². The Morgan fingerprint density at radius 2 is 1.20 bits per heavy atom. The van der Waals surface area contributed by atoms with Crippen LogP contribution in [0.5, 0.6) is 0 Å². The predicted molar refractivity (Wildman–Crippen MR) is 87.1 cm³/mol. The molecule has 0 amide bonds. The number of hydrogen-bond donors (Lipinski definition) is 1. The molecule has 0 bridgehead atoms. The van der Waals surface area contributed by atoms with E-state index in [2.05, 4.69) is 19.1 Å². The fourth-order valence-corrected chi connectivity index (χ4v) is 2.35. The van der Waals surface area contributed by atoms with E-state index in [1.54, 1.807) is 0 Å². The molecule has 0 fully saturated rings. The number of carboxylic acid groups (broad SMARTS) is 1. The van der Waals surface area contributed by atoms with Crippen molar-refractivity contribution < 1.29 is 9.90 Å². The third-order valence-electron chi connectivity index (χ3n) is 3.65. The number of unbranched alkanes of at least 4 members (excludes halogenated alkanes) is 11. The lowest BCUT2D eigenvalue weighted by Gasteiger charge is -1.99. The van der Waals surface area contributed by atoms with E-state index in [1.165, 1.54) is 70.6 Å². The first-order valence-electron chi connectivity index (χ1n) is 8.64. The molecule has 20 heavy (non-hydrogen) atoms. The zero-order valence-corrected chi connectivity index (χ0v) is 13.4. The third-order valence-corrected chi connectivity index (χ3v) is 3.65. The summed E-state index contributed by atoms with van der Waals surface area (Å²) in [5.41, 5.74) is 0. The van der Waals surface area contributed by atoms with Crippen LogP contribution < -0.4 is 0 Å². The molecule has 118 valence electrons. The van der Waals surface area contributed by atoms with Crippen LogP contribution in [0.1, 0.15) is 96.8 Å². The molecule has 0 atom stereocenters. The van der Waals surface area contributed by atoms with E-state index in [-0.39, 0.29) is 0 Å². The fourth-order valence-electron chi connectivity index (χ4n) is 2.35. The molecule has 0 aliphatic heterocycles. The maximum absolute atomic E-state index is 10.3. The van der Waals surface area contributed by atoms with Crippen molar-refractivity contribution in [2.75, 3.05) is 0 Å². The Morgan fingerprint density at radius 3 is 1.70 bits per heavy atom. The average Bonchev–Trinajstić information content (AvgIpc) is 2.43. The fraction of sp³-hybridized carbons (Fsp3) is 0.833. The van der Waals surface area contributed by atoms with Gasteiger partial charge in [0.05, 0.1) is 0 Å². The Hall–Kier alpha value is -0.790. The lowest BCUT2D eigenvalue weighted by atomic mass is 10.1. The zero-order valence-electron chi connectivity index (χ0n) is 13.4. The minimum Gasteiger partial charge on any atom is -0.481 e. The highest BCUT2D eigenvalue weighted by Gasteiger charge is 1.96. The summed E-state index contributed by atoms with van der Waals surface area (Å²) in [7, 11) is 0. The first kappa shape index (κ1) is 19.2. The summed E-state index contributed by atoms with van der Waals surface area (Å²) in [6.45, 7) is 2.26. The highest BCUT2D eigenvalue weighted by atomic mass is 16.4. The highest BCUT2D eigenvalue weighted by molar-refractivity contribution is 5.66. The van der Waals surface area contributed by atoms with E-state index in [0.717, 1.165) is 12.8 Å². The summed E-state index contributed by atoms with van der Waals surface area (Å²) in [4.78, 5) is 10.3. The van der Waals surface area contributed by atoms with E-state index in [1.807, 2.05) is 0 Å². The Morgan fingerprint density at radius 1 is 0.750 bits per heavy atom. The maximum atomic E-state index is 10.3. The van der Waals surface area contributed by atoms with Gasteiger partial charge in [0.2, 0.25) is 0 Å². The van der Waals surface area contributed by atoms with Crippen molar-refractivity contribution in [3.63, 3.8) is 0 Å². The van der Waals surface area contributed by atoms with Gasteiger partial charge in [0.1, 0.15) is 0 Å². The van der Waals surface area contributed by atoms with Gasteiger partial charge >= 0.3 is 5.97 Å². The lowest BCUT2D eigenvalue weighted by molar-refractivity contribution is -0.137. The second-order valence-electron chi connectivity index (χ2n) is 5.73. The number of carbonyl (C=O) groups is 1. The van der Waals surface area contributed by atoms with E-state index < -0.39 is 5.97 Å². The largest absolute Gasteiger partial charge is 0.481 e. The van der Waals surface area contributed by atoms with Gasteiger partial charge in [-0.3, -0.25) is 4.79 Å². The number of aliphatic carboxylic acids is 1. The number of carboxylic acids is 1. The normalized spacial score (nSPS) is 11.2. The smallest absolute Gasteiger partial charge is 0.303 e. The van der Waals surface area contributed by atoms with Gasteiger partial charge in [-0.25, -0.2) is 0 Å². The Kier molecular flexibility index (Phi) is 15.6. The number of rotatable bonds is 15. The van der Waals surface area contributed by atoms with Gasteiger partial charge in [-0.05, 0) is 32.1 Å². The lowest BCUT2D eigenvalue weighted by Crippen LogP contribution is -1.93. The van der Waals surface area contributed by atoms with Gasteiger partial charge in [0, 0.05) is 6.42 Å². The molecule has 0 heterocycles. The van der Waals surface area contributed by atoms with Crippen molar-refractivity contribution in [2.45, 2.75) is 96.8 Å². The molecule has 0 aromatic carbocycles. The molecular formula is C18H34O2. The summed E-state index contributed by atoms with van der Waals surface area (Å²) < 4.78 is 0. The summed E-state index contributed by atoms with van der Waals surface area (Å²) in [6.07, 6.45) is 21.2. The summed E-state index contributed by atoms with van der Waals surface area (Å²) >= 11 is 0. The Balaban J connectivity index is 3.06. The van der Waals surface area contributed by atoms with Crippen molar-refractivity contribution in [2.24, 2.45) is 0 Å². The first-order chi connectivity index (χ1) is 9.77. The van der Waals surface area contributed by atoms with E-state index in [0.29, 0.717) is 6.42 Å². The van der Waals surface area contributed by atoms with Crippen molar-refractivity contribution in [3.05, 3.63) is 12.2 Å². The molecule has 0 aromatic rings. The Bertz CT molecular complexity index is 234. The first-order valence-corrected chi connectivity index (χ1v) is 8.64. The molecule has 0 radical (unpaired) electrons. The van der Waals surface area contributed by atoms with Gasteiger partial charge in [-0.1, -0.05) is 70.4 Å². The predicted octanol–water partition coefficient (Wildman–Crippen LogP) is 6.11. The number of allylic oxidation sites excluding steroid dienone is 2. The molecule has 0 spiro atoms. The van der Waals surface area contributed by atoms with Gasteiger partial charge in [-0.2, -0.15) is 0 Å². The Labute approximate surface area is 125 Å². The second kappa shape index (κ2) is 16.3. The molecule has 0 aliphatic rings. The molecule has 2 nitrogen and oxygen atoms in total. The van der Waals surface area contributed by atoms with Crippen LogP contribution in [0, 0.1) is 0 Å².